The van der Waals surface area contributed by atoms with Gasteiger partial charge in [0.15, 0.2) is 31.9 Å². The van der Waals surface area contributed by atoms with Gasteiger partial charge in [0, 0.05) is 24.2 Å². The maximum atomic E-state index is 14.6. The number of nitrogens with zero attached hydrogens (tertiary/aromatic N) is 10. The Morgan fingerprint density at radius 1 is 0.839 bits per heavy atom. The van der Waals surface area contributed by atoms with Crippen LogP contribution in [0, 0.1) is 23.7 Å². The average Bonchev–Trinajstić information content (AvgIpc) is 1.31. The summed E-state index contributed by atoms with van der Waals surface area (Å²) < 4.78 is 21.6. The Kier molecular flexibility index (Phi) is 21.5. The minimum absolute atomic E-state index is 0.0109. The van der Waals surface area contributed by atoms with E-state index >= 15 is 0 Å². The number of hydrogen-bond acceptors (Lipinski definition) is 15. The summed E-state index contributed by atoms with van der Waals surface area (Å²) in [4.78, 5) is 87.4. The standard InChI is InChI=1S/C61H88IN13O12/c1-41(2)47-33-44(16-17-50(47)71-51(58-52(84-8)14-11-15-53(58)85-9)34-48(66-71)59(81)64-61(60(82)83)45-29-42-28-43(31-45)32-46(61)30-42)49-35-70(67-65-49)21-13-20-69(3)19-12-18-63-54(76)36-72(4)22-23-73(5,38-56(79)86-10)24-25-74(6,40-62)39-57(80)87-68-75(7,27-26-72)37-55(77)78/h11,14-17,33-35,41-43,45-46,68H,12-13,18-32,36-40H2,1-10H3/p+4. The summed E-state index contributed by atoms with van der Waals surface area (Å²) in [5.41, 5.74) is 5.77. The van der Waals surface area contributed by atoms with Crippen molar-refractivity contribution in [1.82, 2.24) is 45.9 Å². The number of quaternary nitrogens is 4. The van der Waals surface area contributed by atoms with E-state index in [1.54, 1.807) is 32.0 Å². The Hall–Kier alpha value is -6.30. The van der Waals surface area contributed by atoms with E-state index in [0.717, 1.165) is 62.7 Å². The number of nitrogens with one attached hydrogen (secondary N) is 3. The second-order valence-corrected chi connectivity index (χ2v) is 27.0. The van der Waals surface area contributed by atoms with Gasteiger partial charge in [0.1, 0.15) is 66.6 Å². The number of alkyl halides is 1. The van der Waals surface area contributed by atoms with Crippen LogP contribution in [0.15, 0.2) is 48.7 Å². The van der Waals surface area contributed by atoms with E-state index in [9.17, 15) is 39.0 Å². The molecule has 87 heavy (non-hydrogen) atoms. The van der Waals surface area contributed by atoms with Gasteiger partial charge in [0.2, 0.25) is 0 Å². The molecule has 4 atom stereocenters. The van der Waals surface area contributed by atoms with Gasteiger partial charge in [-0.15, -0.1) is 5.10 Å². The van der Waals surface area contributed by atoms with E-state index in [1.807, 2.05) is 69.4 Å². The fourth-order valence-electron chi connectivity index (χ4n) is 13.7. The number of carbonyl (C=O) groups excluding carboxylic acids is 4. The quantitative estimate of drug-likeness (QED) is 0.0164. The number of halogens is 1. The normalized spacial score (nSPS) is 27.5. The number of amides is 2. The number of rotatable bonds is 24. The fourth-order valence-corrected chi connectivity index (χ4v) is 14.3. The van der Waals surface area contributed by atoms with Gasteiger partial charge in [-0.3, -0.25) is 14.3 Å². The zero-order chi connectivity index (χ0) is 63.1. The molecule has 2 aromatic carbocycles. The third-order valence-electron chi connectivity index (χ3n) is 18.8. The molecule has 1 aliphatic heterocycles. The van der Waals surface area contributed by atoms with E-state index in [-0.39, 0.29) is 77.1 Å². The van der Waals surface area contributed by atoms with Gasteiger partial charge in [-0.05, 0) is 153 Å². The molecule has 0 radical (unpaired) electrons. The Labute approximate surface area is 524 Å². The molecule has 3 heterocycles. The molecule has 9 rings (SSSR count). The van der Waals surface area contributed by atoms with Gasteiger partial charge in [-0.1, -0.05) is 31.2 Å². The molecule has 5 aliphatic rings. The Morgan fingerprint density at radius 2 is 1.46 bits per heavy atom. The van der Waals surface area contributed by atoms with E-state index in [4.69, 9.17) is 24.1 Å². The van der Waals surface area contributed by atoms with Crippen molar-refractivity contribution in [2.75, 3.05) is 146 Å². The number of aromatic nitrogens is 5. The van der Waals surface area contributed by atoms with E-state index in [2.05, 4.69) is 73.9 Å². The number of carboxylic acid groups (broad SMARTS) is 2. The van der Waals surface area contributed by atoms with Crippen LogP contribution in [0.1, 0.15) is 80.8 Å². The number of carbonyl (C=O) groups is 6. The van der Waals surface area contributed by atoms with Crippen molar-refractivity contribution in [3.8, 4) is 39.7 Å². The Morgan fingerprint density at radius 3 is 2.06 bits per heavy atom. The van der Waals surface area contributed by atoms with E-state index in [0.29, 0.717) is 112 Å². The maximum absolute atomic E-state index is 14.6. The van der Waals surface area contributed by atoms with Crippen LogP contribution in [0.4, 0.5) is 0 Å². The molecule has 4 aliphatic carbocycles. The molecule has 1 saturated heterocycles. The summed E-state index contributed by atoms with van der Waals surface area (Å²) in [6.07, 6.45) is 7.76. The number of methoxy groups -OCH3 is 3. The van der Waals surface area contributed by atoms with Crippen LogP contribution in [0.2, 0.25) is 0 Å². The van der Waals surface area contributed by atoms with Crippen molar-refractivity contribution >= 4 is 58.3 Å². The van der Waals surface area contributed by atoms with Gasteiger partial charge in [0.25, 0.3) is 11.8 Å². The maximum Gasteiger partial charge on any atom is 0.384 e. The molecular weight excluding hydrogens is 1230 g/mol. The zero-order valence-electron chi connectivity index (χ0n) is 52.4. The lowest BCUT2D eigenvalue weighted by atomic mass is 9.48. The van der Waals surface area contributed by atoms with Crippen LogP contribution in [-0.4, -0.2) is 245 Å². The second kappa shape index (κ2) is 28.0. The molecule has 2 aromatic heterocycles. The first-order valence-electron chi connectivity index (χ1n) is 30.3. The van der Waals surface area contributed by atoms with Crippen LogP contribution >= 0.6 is 22.6 Å². The number of aliphatic carboxylic acids is 2. The largest absolute Gasteiger partial charge is 0.496 e. The van der Waals surface area contributed by atoms with E-state index in [1.165, 1.54) is 7.11 Å². The number of esters is 1. The molecular formula is C61H92IN13O12+4. The monoisotopic (exact) mass is 1330 g/mol. The van der Waals surface area contributed by atoms with Gasteiger partial charge in [-0.2, -0.15) is 5.10 Å². The number of hydrogen-bond donors (Lipinski definition) is 5. The highest BCUT2D eigenvalue weighted by Crippen LogP contribution is 2.58. The van der Waals surface area contributed by atoms with Crippen LogP contribution in [-0.2, 0) is 40.1 Å². The predicted molar refractivity (Wildman–Crippen MR) is 331 cm³/mol. The molecule has 4 aromatic rings. The Bertz CT molecular complexity index is 3090. The SMILES string of the molecule is COC(=O)C[N+]1(C)CC[N+](C)(CC(=O)NCCCN(C)CCCn2cc(-c3ccc(-n4nc(C(=O)NC5(C(=O)O)C6CC7CC(C6)CC5C7)cc4-c4c(OC)cccc4OC)c(C(C)C)c3)nn2)CC[N+](C)(CC(=O)O)NOC(=O)C[N+](C)(CI)CC1. The van der Waals surface area contributed by atoms with Crippen LogP contribution < -0.4 is 25.7 Å². The molecule has 4 saturated carbocycles. The zero-order valence-corrected chi connectivity index (χ0v) is 54.5. The molecule has 5 fully saturated rings. The minimum atomic E-state index is -1.36. The van der Waals surface area contributed by atoms with Crippen molar-refractivity contribution in [3.63, 3.8) is 0 Å². The van der Waals surface area contributed by atoms with Gasteiger partial charge in [0.05, 0.1) is 72.7 Å². The first-order valence-corrected chi connectivity index (χ1v) is 31.8. The third kappa shape index (κ3) is 15.9. The lowest BCUT2D eigenvalue weighted by molar-refractivity contribution is -1.01. The first-order chi connectivity index (χ1) is 41.2. The van der Waals surface area contributed by atoms with Crippen molar-refractivity contribution in [3.05, 3.63) is 59.9 Å². The summed E-state index contributed by atoms with van der Waals surface area (Å²) in [5.74, 6) is -1.88. The molecule has 26 heteroatoms. The fraction of sp³-hybridized carbons (Fsp3) is 0.623. The van der Waals surface area contributed by atoms with E-state index < -0.39 is 29.4 Å². The number of likely N-dealkylation sites (N-methyl/N-ethyl adjacent to an activating group) is 4. The van der Waals surface area contributed by atoms with Crippen LogP contribution in [0.25, 0.3) is 28.2 Å². The molecule has 25 nitrogen and oxygen atoms in total. The van der Waals surface area contributed by atoms with Gasteiger partial charge >= 0.3 is 23.9 Å². The van der Waals surface area contributed by atoms with Crippen molar-refractivity contribution < 1.29 is 76.1 Å². The van der Waals surface area contributed by atoms with Gasteiger partial charge in [-0.25, -0.2) is 28.5 Å². The smallest absolute Gasteiger partial charge is 0.384 e. The number of ether oxygens (including phenoxy) is 3. The molecule has 476 valence electrons. The van der Waals surface area contributed by atoms with Crippen LogP contribution in [0.5, 0.6) is 11.5 Å². The lowest BCUT2D eigenvalue weighted by Crippen LogP contribution is -2.70. The van der Waals surface area contributed by atoms with Crippen molar-refractivity contribution in [2.45, 2.75) is 76.8 Å². The van der Waals surface area contributed by atoms with Crippen molar-refractivity contribution in [1.29, 1.82) is 0 Å². The minimum Gasteiger partial charge on any atom is -0.496 e. The summed E-state index contributed by atoms with van der Waals surface area (Å²) >= 11 is 2.23. The highest BCUT2D eigenvalue weighted by Gasteiger charge is 2.62. The predicted octanol–water partition coefficient (Wildman–Crippen LogP) is 4.19. The summed E-state index contributed by atoms with van der Waals surface area (Å²) in [6.45, 7) is 9.34. The first kappa shape index (κ1) is 66.6. The van der Waals surface area contributed by atoms with Gasteiger partial charge < -0.3 is 58.2 Å². The molecule has 4 bridgehead atoms. The highest BCUT2D eigenvalue weighted by molar-refractivity contribution is 14.1. The molecule has 5 N–H and O–H groups in total. The van der Waals surface area contributed by atoms with Crippen molar-refractivity contribution in [2.24, 2.45) is 23.7 Å². The molecule has 4 unspecified atom stereocenters. The number of aryl methyl sites for hydroxylation is 1. The number of benzene rings is 2. The summed E-state index contributed by atoms with van der Waals surface area (Å²) in [5, 5.41) is 41.0. The third-order valence-corrected chi connectivity index (χ3v) is 20.5. The van der Waals surface area contributed by atoms with Crippen LogP contribution in [0.3, 0.4) is 0 Å². The topological polar surface area (TPSA) is 268 Å². The Balaban J connectivity index is 0.897. The average molecular weight is 1330 g/mol. The molecule has 0 spiro atoms. The summed E-state index contributed by atoms with van der Waals surface area (Å²) in [6, 6.07) is 13.2. The lowest BCUT2D eigenvalue weighted by Gasteiger charge is -2.59. The second-order valence-electron chi connectivity index (χ2n) is 26.3. The number of carboxylic acids is 2. The highest BCUT2D eigenvalue weighted by atomic mass is 127. The summed E-state index contributed by atoms with van der Waals surface area (Å²) in [7, 11) is 14.1. The molecule has 2 amide bonds.